The van der Waals surface area contributed by atoms with Crippen molar-refractivity contribution in [2.75, 3.05) is 20.7 Å². The quantitative estimate of drug-likeness (QED) is 0.188. The zero-order valence-electron chi connectivity index (χ0n) is 28.5. The van der Waals surface area contributed by atoms with E-state index in [2.05, 4.69) is 21.8 Å². The molecule has 1 radical (unpaired) electrons. The number of aromatic amines is 1. The number of nitrogens with one attached hydrogen (secondary N) is 1. The Labute approximate surface area is 290 Å². The van der Waals surface area contributed by atoms with Crippen molar-refractivity contribution in [1.82, 2.24) is 14.9 Å². The van der Waals surface area contributed by atoms with Crippen LogP contribution in [-0.4, -0.2) is 71.8 Å². The van der Waals surface area contributed by atoms with E-state index < -0.39 is 6.10 Å². The second-order valence-corrected chi connectivity index (χ2v) is 13.5. The first-order valence-electron chi connectivity index (χ1n) is 16.2. The van der Waals surface area contributed by atoms with Crippen LogP contribution in [0.15, 0.2) is 23.0 Å². The molecule has 3 fully saturated rings. The summed E-state index contributed by atoms with van der Waals surface area (Å²) in [7, 11) is 3.52. The molecule has 2 heterocycles. The molecule has 3 aliphatic rings. The summed E-state index contributed by atoms with van der Waals surface area (Å²) in [6.45, 7) is 6.34. The van der Waals surface area contributed by atoms with Crippen LogP contribution in [0.4, 0.5) is 0 Å². The summed E-state index contributed by atoms with van der Waals surface area (Å²) >= 11 is 0. The Morgan fingerprint density at radius 2 is 1.91 bits per heavy atom. The van der Waals surface area contributed by atoms with Gasteiger partial charge in [0.25, 0.3) is 5.56 Å². The van der Waals surface area contributed by atoms with E-state index in [4.69, 9.17) is 19.9 Å². The Balaban J connectivity index is 0.000000401. The number of rotatable bonds is 10. The average molecular weight is 690 g/mol. The predicted octanol–water partition coefficient (Wildman–Crippen LogP) is 4.10. The number of nitrogens with zero attached hydrogens (tertiary/aromatic N) is 3. The minimum Gasteiger partial charge on any atom is -0.540 e. The Morgan fingerprint density at radius 3 is 2.43 bits per heavy atom. The molecule has 2 aliphatic carbocycles. The first-order chi connectivity index (χ1) is 21.9. The number of amides is 1. The zero-order valence-corrected chi connectivity index (χ0v) is 29.9. The van der Waals surface area contributed by atoms with Crippen LogP contribution in [0.2, 0.25) is 0 Å². The largest absolute Gasteiger partial charge is 0.540 e. The number of aliphatic hydroxyl groups is 1. The van der Waals surface area contributed by atoms with Gasteiger partial charge in [-0.1, -0.05) is 46.1 Å². The number of aromatic nitrogens is 2. The van der Waals surface area contributed by atoms with E-state index in [9.17, 15) is 14.4 Å². The van der Waals surface area contributed by atoms with E-state index in [1.54, 1.807) is 7.11 Å². The fourth-order valence-electron chi connectivity index (χ4n) is 6.20. The average Bonchev–Trinajstić information content (AvgIpc) is 3.57. The molecule has 1 saturated heterocycles. The van der Waals surface area contributed by atoms with Crippen molar-refractivity contribution >= 4 is 30.0 Å². The minimum absolute atomic E-state index is 0. The van der Waals surface area contributed by atoms with E-state index in [1.165, 1.54) is 38.5 Å². The van der Waals surface area contributed by atoms with E-state index in [1.807, 2.05) is 57.2 Å². The number of hydrogen-bond donors (Lipinski definition) is 3. The van der Waals surface area contributed by atoms with Gasteiger partial charge in [-0.3, -0.25) is 9.59 Å². The number of aryl methyl sites for hydroxylation is 1. The first-order valence-corrected chi connectivity index (χ1v) is 16.2. The number of methoxy groups -OCH3 is 1. The fourth-order valence-corrected chi connectivity index (χ4v) is 6.20. The van der Waals surface area contributed by atoms with Gasteiger partial charge in [-0.15, -0.1) is 0 Å². The number of benzene rings is 1. The number of primary amides is 1. The van der Waals surface area contributed by atoms with Gasteiger partial charge < -0.3 is 35.1 Å². The van der Waals surface area contributed by atoms with Crippen LogP contribution in [0.5, 0.6) is 5.75 Å². The minimum atomic E-state index is -0.831. The number of likely N-dealkylation sites (N-methyl/N-ethyl adjacent to an activating group) is 1. The van der Waals surface area contributed by atoms with Crippen LogP contribution in [0.25, 0.3) is 11.0 Å². The molecule has 1 amide bonds. The number of unbranched alkanes of at least 4 members (excludes halogenated alkanes) is 2. The summed E-state index contributed by atoms with van der Waals surface area (Å²) in [5.74, 6) is 4.12. The SMILES string of the molecule is CC(C)(C)[C@H](O)C=O.CN1CCC(CC#N)C1[C-]=O.COc1ccc2nc(CCCCCC3CCC4CC34)c(=O)[nH]c2c1.NC=O.[V]. The number of carbonyl (C=O) groups excluding carboxylic acids is 3. The van der Waals surface area contributed by atoms with Gasteiger partial charge in [-0.25, -0.2) is 11.3 Å². The summed E-state index contributed by atoms with van der Waals surface area (Å²) in [6.07, 6.45) is 13.5. The van der Waals surface area contributed by atoms with Gasteiger partial charge in [0.1, 0.15) is 23.8 Å². The monoisotopic (exact) mass is 689 g/mol. The zero-order chi connectivity index (χ0) is 34.3. The molecule has 5 unspecified atom stereocenters. The molecule has 12 heteroatoms. The molecule has 2 aromatic rings. The molecule has 259 valence electrons. The fraction of sp³-hybridized carbons (Fsp3) is 0.657. The van der Waals surface area contributed by atoms with Crippen LogP contribution in [0.3, 0.4) is 0 Å². The van der Waals surface area contributed by atoms with Crippen LogP contribution < -0.4 is 16.0 Å². The summed E-state index contributed by atoms with van der Waals surface area (Å²) in [5.41, 5.74) is 6.03. The molecule has 4 N–H and O–H groups in total. The van der Waals surface area contributed by atoms with Gasteiger partial charge in [-0.2, -0.15) is 5.26 Å². The maximum Gasteiger partial charge on any atom is 0.270 e. The maximum absolute atomic E-state index is 12.2. The second kappa shape index (κ2) is 21.0. The molecule has 2 saturated carbocycles. The third kappa shape index (κ3) is 13.5. The molecule has 0 spiro atoms. The van der Waals surface area contributed by atoms with Gasteiger partial charge in [-0.05, 0) is 93.3 Å². The molecule has 1 aromatic heterocycles. The molecule has 11 nitrogen and oxygen atoms in total. The molecule has 6 atom stereocenters. The van der Waals surface area contributed by atoms with E-state index >= 15 is 0 Å². The third-order valence-electron chi connectivity index (χ3n) is 9.21. The number of H-pyrrole nitrogens is 1. The summed E-state index contributed by atoms with van der Waals surface area (Å²) in [4.78, 5) is 50.5. The molecular weight excluding hydrogens is 637 g/mol. The predicted molar refractivity (Wildman–Crippen MR) is 178 cm³/mol. The number of aldehydes is 1. The van der Waals surface area contributed by atoms with Crippen molar-refractivity contribution in [3.63, 3.8) is 0 Å². The molecule has 1 aromatic carbocycles. The van der Waals surface area contributed by atoms with Crippen LogP contribution in [0, 0.1) is 40.4 Å². The van der Waals surface area contributed by atoms with Crippen LogP contribution in [-0.2, 0) is 39.4 Å². The van der Waals surface area contributed by atoms with Crippen molar-refractivity contribution in [2.45, 2.75) is 97.1 Å². The normalized spacial score (nSPS) is 23.0. The van der Waals surface area contributed by atoms with Crippen LogP contribution >= 0.6 is 0 Å². The number of fused-ring (bicyclic) bond motifs is 2. The smallest absolute Gasteiger partial charge is 0.270 e. The Morgan fingerprint density at radius 1 is 1.21 bits per heavy atom. The van der Waals surface area contributed by atoms with Gasteiger partial charge in [0.2, 0.25) is 6.41 Å². The van der Waals surface area contributed by atoms with Gasteiger partial charge in [0.15, 0.2) is 0 Å². The Kier molecular flexibility index (Phi) is 18.8. The topological polar surface area (TPSA) is 179 Å². The van der Waals surface area contributed by atoms with Crippen molar-refractivity contribution in [3.05, 3.63) is 34.2 Å². The maximum atomic E-state index is 12.2. The number of aliphatic hydroxyl groups excluding tert-OH is 1. The standard InChI is InChI=1S/C20H26N2O2.C8H11N2O.C6H12O2.CH3NO.V/c1-24-15-9-10-17-19(12-15)22-20(23)18(21-17)6-4-2-3-5-13-7-8-14-11-16(13)14;1-10-5-3-7(2-4-9)8(10)6-11;1-6(2,3)5(8)4-7;2-1-3;/h9-10,12-14,16H,2-8,11H2,1H3,(H,22,23);7-8H,2-3,5H2,1H3;4-5,8H,1-3H3;1H,(H2,2,3);/q;-1;;;/t;;5-;;/m..1../s1. The van der Waals surface area contributed by atoms with Crippen molar-refractivity contribution < 1.29 is 42.8 Å². The van der Waals surface area contributed by atoms with E-state index in [0.29, 0.717) is 18.4 Å². The van der Waals surface area contributed by atoms with Crippen LogP contribution in [0.1, 0.15) is 84.3 Å². The Hall–Kier alpha value is -3.04. The number of nitriles is 1. The van der Waals surface area contributed by atoms with E-state index in [0.717, 1.165) is 60.3 Å². The summed E-state index contributed by atoms with van der Waals surface area (Å²) in [5, 5.41) is 17.3. The number of hydrogen-bond acceptors (Lipinski definition) is 9. The molecular formula is C35H52N5O6V-. The van der Waals surface area contributed by atoms with Crippen molar-refractivity contribution in [2.24, 2.45) is 34.8 Å². The summed E-state index contributed by atoms with van der Waals surface area (Å²) < 4.78 is 5.19. The number of ether oxygens (including phenoxy) is 1. The van der Waals surface area contributed by atoms with E-state index in [-0.39, 0.29) is 47.9 Å². The number of nitrogens with two attached hydrogens (primary N) is 1. The first kappa shape index (κ1) is 42.0. The van der Waals surface area contributed by atoms with Crippen molar-refractivity contribution in [1.29, 1.82) is 5.26 Å². The summed E-state index contributed by atoms with van der Waals surface area (Å²) in [6, 6.07) is 7.55. The number of carbonyl (C=O) groups is 2. The molecule has 47 heavy (non-hydrogen) atoms. The molecule has 5 rings (SSSR count). The second-order valence-electron chi connectivity index (χ2n) is 13.5. The van der Waals surface area contributed by atoms with Gasteiger partial charge in [0.05, 0.1) is 24.2 Å². The van der Waals surface area contributed by atoms with Crippen molar-refractivity contribution in [3.8, 4) is 11.8 Å². The molecule has 1 aliphatic heterocycles. The number of likely N-dealkylation sites (tertiary alicyclic amines) is 1. The van der Waals surface area contributed by atoms with Gasteiger partial charge in [0, 0.05) is 31.0 Å². The third-order valence-corrected chi connectivity index (χ3v) is 9.21. The van der Waals surface area contributed by atoms with Gasteiger partial charge >= 0.3 is 0 Å². The molecule has 0 bridgehead atoms. The Bertz CT molecular complexity index is 1360.